The number of fused-ring (bicyclic) bond motifs is 2. The van der Waals surface area contributed by atoms with E-state index >= 15 is 0 Å². The fraction of sp³-hybridized carbons (Fsp3) is 0.629. The third kappa shape index (κ3) is 4.80. The van der Waals surface area contributed by atoms with Crippen molar-refractivity contribution in [2.75, 3.05) is 46.7 Å². The van der Waals surface area contributed by atoms with Crippen LogP contribution < -0.4 is 5.32 Å². The molecule has 0 amide bonds. The number of hydrogen-bond donors (Lipinski definition) is 1. The minimum Gasteiger partial charge on any atom is -0.382 e. The van der Waals surface area contributed by atoms with E-state index in [1.807, 2.05) is 12.4 Å². The minimum atomic E-state index is -0.114. The summed E-state index contributed by atoms with van der Waals surface area (Å²) in [6.07, 6.45) is 18.4. The molecule has 1 aromatic heterocycles. The average Bonchev–Trinajstić information content (AvgIpc) is 3.51. The lowest BCUT2D eigenvalue weighted by atomic mass is 9.58. The maximum Gasteiger partial charge on any atom is 0.0974 e. The van der Waals surface area contributed by atoms with Gasteiger partial charge in [0.25, 0.3) is 0 Å². The number of hydrogen-bond acceptors (Lipinski definition) is 6. The Morgan fingerprint density at radius 1 is 1.00 bits per heavy atom. The first-order valence-corrected chi connectivity index (χ1v) is 15.9. The van der Waals surface area contributed by atoms with E-state index in [-0.39, 0.29) is 16.6 Å². The summed E-state index contributed by atoms with van der Waals surface area (Å²) in [6.45, 7) is 6.65. The Morgan fingerprint density at radius 2 is 1.88 bits per heavy atom. The Kier molecular flexibility index (Phi) is 7.57. The third-order valence-electron chi connectivity index (χ3n) is 11.2. The van der Waals surface area contributed by atoms with Crippen molar-refractivity contribution >= 4 is 10.8 Å². The van der Waals surface area contributed by atoms with Crippen molar-refractivity contribution in [3.63, 3.8) is 0 Å². The number of nitrogens with zero attached hydrogens (tertiary/aromatic N) is 1. The topological polar surface area (TPSA) is 61.8 Å². The van der Waals surface area contributed by atoms with Gasteiger partial charge in [0.05, 0.1) is 44.2 Å². The molecule has 220 valence electrons. The zero-order valence-corrected chi connectivity index (χ0v) is 24.8. The second kappa shape index (κ2) is 11.2. The van der Waals surface area contributed by atoms with Gasteiger partial charge in [0.1, 0.15) is 0 Å². The number of aromatic nitrogens is 1. The molecule has 6 atom stereocenters. The molecule has 3 heterocycles. The lowest BCUT2D eigenvalue weighted by Gasteiger charge is -2.54. The van der Waals surface area contributed by atoms with Crippen LogP contribution in [0.2, 0.25) is 0 Å². The molecule has 2 bridgehead atoms. The van der Waals surface area contributed by atoms with Crippen LogP contribution in [0.25, 0.3) is 10.8 Å². The van der Waals surface area contributed by atoms with Crippen molar-refractivity contribution in [2.45, 2.75) is 81.5 Å². The van der Waals surface area contributed by atoms with E-state index in [2.05, 4.69) is 53.6 Å². The van der Waals surface area contributed by atoms with Gasteiger partial charge in [-0.2, -0.15) is 0 Å². The summed E-state index contributed by atoms with van der Waals surface area (Å²) in [5.74, 6) is 1.12. The molecule has 1 saturated heterocycles. The zero-order chi connectivity index (χ0) is 27.9. The van der Waals surface area contributed by atoms with Gasteiger partial charge in [-0.15, -0.1) is 0 Å². The summed E-state index contributed by atoms with van der Waals surface area (Å²) in [7, 11) is 1.69. The van der Waals surface area contributed by atoms with E-state index in [4.69, 9.17) is 18.9 Å². The first-order chi connectivity index (χ1) is 20.1. The van der Waals surface area contributed by atoms with Gasteiger partial charge < -0.3 is 24.3 Å². The summed E-state index contributed by atoms with van der Waals surface area (Å²) in [4.78, 5) is 4.39. The number of rotatable bonds is 11. The molecule has 6 nitrogen and oxygen atoms in total. The first kappa shape index (κ1) is 27.7. The van der Waals surface area contributed by atoms with Crippen molar-refractivity contribution in [2.24, 2.45) is 11.3 Å². The lowest BCUT2D eigenvalue weighted by Crippen LogP contribution is -2.55. The number of pyridine rings is 1. The predicted molar refractivity (Wildman–Crippen MR) is 161 cm³/mol. The van der Waals surface area contributed by atoms with E-state index in [0.717, 1.165) is 38.6 Å². The largest absolute Gasteiger partial charge is 0.382 e. The molecule has 2 saturated carbocycles. The van der Waals surface area contributed by atoms with Crippen molar-refractivity contribution in [3.05, 3.63) is 65.5 Å². The van der Waals surface area contributed by atoms with E-state index in [1.165, 1.54) is 41.2 Å². The lowest BCUT2D eigenvalue weighted by molar-refractivity contribution is -0.136. The van der Waals surface area contributed by atoms with Gasteiger partial charge in [-0.25, -0.2) is 0 Å². The highest BCUT2D eigenvalue weighted by Crippen LogP contribution is 2.69. The molecule has 3 aliphatic carbocycles. The van der Waals surface area contributed by atoms with Crippen molar-refractivity contribution in [1.29, 1.82) is 0 Å². The van der Waals surface area contributed by atoms with Gasteiger partial charge in [-0.05, 0) is 103 Å². The molecule has 3 fully saturated rings. The van der Waals surface area contributed by atoms with E-state index < -0.39 is 0 Å². The van der Waals surface area contributed by atoms with Gasteiger partial charge in [0, 0.05) is 37.5 Å². The van der Waals surface area contributed by atoms with Crippen LogP contribution in [0.4, 0.5) is 0 Å². The molecule has 5 aliphatic rings. The molecule has 2 spiro atoms. The Morgan fingerprint density at radius 3 is 2.78 bits per heavy atom. The second-order valence-corrected chi connectivity index (χ2v) is 13.3. The number of benzene rings is 1. The zero-order valence-electron chi connectivity index (χ0n) is 24.8. The van der Waals surface area contributed by atoms with Crippen molar-refractivity contribution in [3.8, 4) is 0 Å². The molecular weight excluding hydrogens is 512 g/mol. The number of ether oxygens (including phenoxy) is 4. The van der Waals surface area contributed by atoms with Gasteiger partial charge in [-0.1, -0.05) is 31.2 Å². The van der Waals surface area contributed by atoms with Crippen LogP contribution in [-0.4, -0.2) is 68.9 Å². The highest BCUT2D eigenvalue weighted by Gasteiger charge is 2.66. The second-order valence-electron chi connectivity index (χ2n) is 13.3. The minimum absolute atomic E-state index is 0.0890. The van der Waals surface area contributed by atoms with Crippen LogP contribution in [0.15, 0.2) is 60.0 Å². The maximum absolute atomic E-state index is 7.49. The van der Waals surface area contributed by atoms with E-state index in [1.54, 1.807) is 12.7 Å². The van der Waals surface area contributed by atoms with E-state index in [9.17, 15) is 0 Å². The Hall–Kier alpha value is -2.09. The SMILES string of the molecule is COCCOCCOCCN[C@H]1CCC2=CC3=CC[C@]4(C)C(c5ccc6ccncc6c5)CC[C@H]4[C@@]34CC[C@]2(C1)O4. The molecule has 6 heteroatoms. The number of allylic oxidation sites excluding steroid dienone is 1. The summed E-state index contributed by atoms with van der Waals surface area (Å²) >= 11 is 0. The maximum atomic E-state index is 7.49. The monoisotopic (exact) mass is 558 g/mol. The molecule has 1 aromatic carbocycles. The highest BCUT2D eigenvalue weighted by atomic mass is 16.5. The molecule has 41 heavy (non-hydrogen) atoms. The Balaban J connectivity index is 1.02. The molecular formula is C35H46N2O4. The number of nitrogens with one attached hydrogen (secondary N) is 1. The summed E-state index contributed by atoms with van der Waals surface area (Å²) in [5, 5.41) is 6.33. The molecule has 2 aliphatic heterocycles. The quantitative estimate of drug-likeness (QED) is 0.336. The fourth-order valence-electron chi connectivity index (χ4n) is 9.25. The van der Waals surface area contributed by atoms with Gasteiger partial charge in [0.15, 0.2) is 0 Å². The normalized spacial score (nSPS) is 35.5. The molecule has 2 aromatic rings. The first-order valence-electron chi connectivity index (χ1n) is 15.9. The standard InChI is InChI=1S/C35H46N2O4/c1-33-11-9-29-22-28-5-6-30(37-15-16-39-19-20-40-18-17-38-2)23-34(28)12-13-35(29,41-34)32(33)8-7-31(33)26-4-3-25-10-14-36-24-27(25)21-26/h3-4,9-10,14,21-22,24,30-32,37H,5-8,11-13,15-20,23H2,1-2H3/t30-,31?,32+,33+,34+,35+/m0/s1. The number of methoxy groups -OCH3 is 1. The molecule has 0 radical (unpaired) electrons. The summed E-state index contributed by atoms with van der Waals surface area (Å²) < 4.78 is 23.8. The van der Waals surface area contributed by atoms with Crippen LogP contribution in [0, 0.1) is 11.3 Å². The average molecular weight is 559 g/mol. The van der Waals surface area contributed by atoms with Crippen LogP contribution in [0.3, 0.4) is 0 Å². The van der Waals surface area contributed by atoms with Gasteiger partial charge in [-0.3, -0.25) is 4.98 Å². The van der Waals surface area contributed by atoms with Crippen LogP contribution in [-0.2, 0) is 18.9 Å². The molecule has 7 rings (SSSR count). The van der Waals surface area contributed by atoms with Crippen LogP contribution in [0.1, 0.15) is 69.8 Å². The molecule has 1 N–H and O–H groups in total. The van der Waals surface area contributed by atoms with Gasteiger partial charge >= 0.3 is 0 Å². The van der Waals surface area contributed by atoms with Crippen LogP contribution >= 0.6 is 0 Å². The van der Waals surface area contributed by atoms with Crippen LogP contribution in [0.5, 0.6) is 0 Å². The summed E-state index contributed by atoms with van der Waals surface area (Å²) in [6, 6.07) is 9.67. The fourth-order valence-corrected chi connectivity index (χ4v) is 9.25. The van der Waals surface area contributed by atoms with Gasteiger partial charge in [0.2, 0.25) is 0 Å². The molecule has 1 unspecified atom stereocenters. The third-order valence-corrected chi connectivity index (χ3v) is 11.2. The Labute approximate surface area is 244 Å². The van der Waals surface area contributed by atoms with Crippen molar-refractivity contribution < 1.29 is 18.9 Å². The predicted octanol–water partition coefficient (Wildman–Crippen LogP) is 6.11. The summed E-state index contributed by atoms with van der Waals surface area (Å²) in [5.41, 5.74) is 4.55. The Bertz CT molecular complexity index is 1320. The van der Waals surface area contributed by atoms with Crippen molar-refractivity contribution in [1.82, 2.24) is 10.3 Å². The van der Waals surface area contributed by atoms with E-state index in [0.29, 0.717) is 50.9 Å². The smallest absolute Gasteiger partial charge is 0.0974 e. The highest BCUT2D eigenvalue weighted by molar-refractivity contribution is 5.82.